The fraction of sp³-hybridized carbons (Fsp3) is 0.857. The Hall–Kier alpha value is -0.570. The third-order valence-corrected chi connectivity index (χ3v) is 3.08. The highest BCUT2D eigenvalue weighted by Crippen LogP contribution is 2.46. The van der Waals surface area contributed by atoms with E-state index in [0.717, 1.165) is 24.2 Å². The number of nitrogens with zero attached hydrogens (tertiary/aromatic N) is 2. The maximum Gasteiger partial charge on any atom is 0.0863 e. The van der Waals surface area contributed by atoms with Crippen LogP contribution in [0.3, 0.4) is 0 Å². The van der Waals surface area contributed by atoms with Gasteiger partial charge >= 0.3 is 0 Å². The summed E-state index contributed by atoms with van der Waals surface area (Å²) in [4.78, 5) is 0. The van der Waals surface area contributed by atoms with Gasteiger partial charge in [0.1, 0.15) is 0 Å². The van der Waals surface area contributed by atoms with E-state index in [4.69, 9.17) is 0 Å². The third-order valence-electron chi connectivity index (χ3n) is 3.08. The monoisotopic (exact) mass is 137 g/mol. The second kappa shape index (κ2) is 1.37. The minimum absolute atomic E-state index is 0.719. The van der Waals surface area contributed by atoms with Gasteiger partial charge < -0.3 is 5.32 Å². The standard InChI is InChI=1S/C7H11N3/c1-8-10-6-4-2-3-5(9-4)7(6)10/h4-7,9H,1-3H2. The zero-order chi connectivity index (χ0) is 6.72. The molecule has 3 aliphatic heterocycles. The van der Waals surface area contributed by atoms with Crippen molar-refractivity contribution >= 4 is 6.72 Å². The summed E-state index contributed by atoms with van der Waals surface area (Å²) in [7, 11) is 0. The van der Waals surface area contributed by atoms with Crippen LogP contribution in [0.15, 0.2) is 5.10 Å². The van der Waals surface area contributed by atoms with Crippen LogP contribution in [0.2, 0.25) is 0 Å². The highest BCUT2D eigenvalue weighted by Gasteiger charge is 2.64. The Morgan fingerprint density at radius 2 is 1.90 bits per heavy atom. The molecule has 3 aliphatic rings. The van der Waals surface area contributed by atoms with Crippen LogP contribution in [0.4, 0.5) is 0 Å². The van der Waals surface area contributed by atoms with E-state index in [0.29, 0.717) is 0 Å². The number of hydrazone groups is 1. The molecule has 0 amide bonds. The molecule has 3 heteroatoms. The van der Waals surface area contributed by atoms with Gasteiger partial charge in [0, 0.05) is 18.8 Å². The number of nitrogens with one attached hydrogen (secondary N) is 1. The molecule has 0 spiro atoms. The number of rotatable bonds is 1. The predicted molar refractivity (Wildman–Crippen MR) is 38.9 cm³/mol. The maximum absolute atomic E-state index is 3.97. The van der Waals surface area contributed by atoms with E-state index in [-0.39, 0.29) is 0 Å². The van der Waals surface area contributed by atoms with Gasteiger partial charge in [-0.3, -0.25) is 5.01 Å². The quantitative estimate of drug-likeness (QED) is 0.400. The molecule has 4 unspecified atom stereocenters. The predicted octanol–water partition coefficient (Wildman–Crippen LogP) is -0.211. The van der Waals surface area contributed by atoms with Gasteiger partial charge in [-0.15, -0.1) is 0 Å². The SMILES string of the molecule is C=NN1C2C3CCC(N3)C21. The van der Waals surface area contributed by atoms with Crippen LogP contribution in [-0.4, -0.2) is 35.9 Å². The lowest BCUT2D eigenvalue weighted by Gasteiger charge is -2.08. The van der Waals surface area contributed by atoms with Crippen LogP contribution >= 0.6 is 0 Å². The molecule has 3 saturated heterocycles. The van der Waals surface area contributed by atoms with E-state index in [1.165, 1.54) is 12.8 Å². The van der Waals surface area contributed by atoms with Gasteiger partial charge in [-0.25, -0.2) is 0 Å². The van der Waals surface area contributed by atoms with E-state index in [1.54, 1.807) is 0 Å². The van der Waals surface area contributed by atoms with E-state index in [1.807, 2.05) is 0 Å². The first-order valence-electron chi connectivity index (χ1n) is 3.93. The average Bonchev–Trinajstić information content (AvgIpc) is 2.36. The molecule has 3 nitrogen and oxygen atoms in total. The van der Waals surface area contributed by atoms with Crippen molar-refractivity contribution in [1.29, 1.82) is 0 Å². The van der Waals surface area contributed by atoms with Crippen molar-refractivity contribution in [2.45, 2.75) is 37.0 Å². The van der Waals surface area contributed by atoms with E-state index < -0.39 is 0 Å². The van der Waals surface area contributed by atoms with Crippen LogP contribution < -0.4 is 5.32 Å². The molecule has 3 fully saturated rings. The summed E-state index contributed by atoms with van der Waals surface area (Å²) in [5.41, 5.74) is 0. The van der Waals surface area contributed by atoms with Crippen molar-refractivity contribution < 1.29 is 0 Å². The van der Waals surface area contributed by atoms with Crippen molar-refractivity contribution in [2.75, 3.05) is 0 Å². The Bertz CT molecular complexity index is 175. The van der Waals surface area contributed by atoms with Gasteiger partial charge in [0.2, 0.25) is 0 Å². The second-order valence-corrected chi connectivity index (χ2v) is 3.46. The lowest BCUT2D eigenvalue weighted by Crippen LogP contribution is -2.30. The number of piperazine rings is 1. The first kappa shape index (κ1) is 5.13. The Morgan fingerprint density at radius 1 is 1.30 bits per heavy atom. The van der Waals surface area contributed by atoms with Crippen molar-refractivity contribution in [1.82, 2.24) is 10.3 Å². The highest BCUT2D eigenvalue weighted by atomic mass is 15.6. The lowest BCUT2D eigenvalue weighted by molar-refractivity contribution is 0.404. The summed E-state index contributed by atoms with van der Waals surface area (Å²) in [5, 5.41) is 9.68. The minimum atomic E-state index is 0.719. The molecule has 4 atom stereocenters. The van der Waals surface area contributed by atoms with Crippen molar-refractivity contribution in [3.05, 3.63) is 0 Å². The van der Waals surface area contributed by atoms with Crippen LogP contribution in [0.5, 0.6) is 0 Å². The average molecular weight is 137 g/mol. The van der Waals surface area contributed by atoms with E-state index in [2.05, 4.69) is 22.1 Å². The molecular formula is C7H11N3. The maximum atomic E-state index is 3.97. The van der Waals surface area contributed by atoms with Gasteiger partial charge in [-0.1, -0.05) is 0 Å². The molecule has 3 heterocycles. The fourth-order valence-corrected chi connectivity index (χ4v) is 2.63. The molecule has 2 bridgehead atoms. The summed E-state index contributed by atoms with van der Waals surface area (Å²) < 4.78 is 0. The minimum Gasteiger partial charge on any atom is -0.307 e. The van der Waals surface area contributed by atoms with Gasteiger partial charge in [-0.2, -0.15) is 5.10 Å². The Balaban J connectivity index is 1.90. The fourth-order valence-electron chi connectivity index (χ4n) is 2.63. The van der Waals surface area contributed by atoms with Gasteiger partial charge in [0.15, 0.2) is 0 Å². The zero-order valence-electron chi connectivity index (χ0n) is 5.83. The van der Waals surface area contributed by atoms with Gasteiger partial charge in [0.25, 0.3) is 0 Å². The first-order valence-corrected chi connectivity index (χ1v) is 3.93. The number of hydrogen-bond acceptors (Lipinski definition) is 3. The van der Waals surface area contributed by atoms with Gasteiger partial charge in [0.05, 0.1) is 12.1 Å². The topological polar surface area (TPSA) is 27.4 Å². The van der Waals surface area contributed by atoms with Crippen LogP contribution in [0, 0.1) is 0 Å². The molecule has 54 valence electrons. The van der Waals surface area contributed by atoms with Crippen LogP contribution in [0.25, 0.3) is 0 Å². The molecule has 0 aromatic heterocycles. The number of fused-ring (bicyclic) bond motifs is 5. The molecule has 0 aromatic carbocycles. The summed E-state index contributed by atoms with van der Waals surface area (Å²) in [5.74, 6) is 0. The lowest BCUT2D eigenvalue weighted by atomic mass is 10.0. The molecule has 0 radical (unpaired) electrons. The van der Waals surface area contributed by atoms with Crippen molar-refractivity contribution in [3.8, 4) is 0 Å². The zero-order valence-corrected chi connectivity index (χ0v) is 5.83. The van der Waals surface area contributed by atoms with E-state index in [9.17, 15) is 0 Å². The largest absolute Gasteiger partial charge is 0.307 e. The Kier molecular flexibility index (Phi) is 0.703. The first-order chi connectivity index (χ1) is 4.92. The number of hydrogen-bond donors (Lipinski definition) is 1. The Labute approximate surface area is 60.1 Å². The summed E-state index contributed by atoms with van der Waals surface area (Å²) >= 11 is 0. The Morgan fingerprint density at radius 3 is 2.40 bits per heavy atom. The third kappa shape index (κ3) is 0.380. The molecule has 0 saturated carbocycles. The molecule has 1 N–H and O–H groups in total. The molecule has 0 aromatic rings. The molecule has 0 aliphatic carbocycles. The molecule has 3 rings (SSSR count). The summed E-state index contributed by atoms with van der Waals surface area (Å²) in [6, 6.07) is 2.91. The van der Waals surface area contributed by atoms with Crippen LogP contribution in [0.1, 0.15) is 12.8 Å². The molecular weight excluding hydrogens is 126 g/mol. The summed E-state index contributed by atoms with van der Waals surface area (Å²) in [6.45, 7) is 3.55. The smallest absolute Gasteiger partial charge is 0.0863 e. The van der Waals surface area contributed by atoms with Crippen molar-refractivity contribution in [2.24, 2.45) is 5.10 Å². The second-order valence-electron chi connectivity index (χ2n) is 3.46. The summed E-state index contributed by atoms with van der Waals surface area (Å²) in [6.07, 6.45) is 2.69. The van der Waals surface area contributed by atoms with E-state index >= 15 is 0 Å². The van der Waals surface area contributed by atoms with Crippen molar-refractivity contribution in [3.63, 3.8) is 0 Å². The molecule has 10 heavy (non-hydrogen) atoms. The van der Waals surface area contributed by atoms with Crippen LogP contribution in [-0.2, 0) is 0 Å². The van der Waals surface area contributed by atoms with Gasteiger partial charge in [-0.05, 0) is 12.8 Å². The highest BCUT2D eigenvalue weighted by molar-refractivity contribution is 5.29. The normalized spacial score (nSPS) is 55.0.